The molecule has 1 aromatic rings. The van der Waals surface area contributed by atoms with Crippen LogP contribution in [0.2, 0.25) is 0 Å². The van der Waals surface area contributed by atoms with Gasteiger partial charge in [0.2, 0.25) is 0 Å². The number of nitrogens with zero attached hydrogens (tertiary/aromatic N) is 1. The van der Waals surface area contributed by atoms with Gasteiger partial charge in [0.15, 0.2) is 0 Å². The summed E-state index contributed by atoms with van der Waals surface area (Å²) in [5.41, 5.74) is 5.74. The van der Waals surface area contributed by atoms with Crippen LogP contribution in [0.5, 0.6) is 0 Å². The van der Waals surface area contributed by atoms with E-state index in [1.165, 1.54) is 12.8 Å². The molecular formula is C10H14N2O. The van der Waals surface area contributed by atoms with Gasteiger partial charge in [-0.2, -0.15) is 0 Å². The van der Waals surface area contributed by atoms with Crippen molar-refractivity contribution in [2.75, 3.05) is 6.54 Å². The zero-order chi connectivity index (χ0) is 9.10. The van der Waals surface area contributed by atoms with E-state index in [9.17, 15) is 0 Å². The molecule has 0 saturated heterocycles. The summed E-state index contributed by atoms with van der Waals surface area (Å²) >= 11 is 0. The normalized spacial score (nSPS) is 17.7. The Morgan fingerprint density at radius 3 is 3.08 bits per heavy atom. The predicted octanol–water partition coefficient (Wildman–Crippen LogP) is 1.59. The first-order valence-corrected chi connectivity index (χ1v) is 4.68. The molecule has 3 nitrogen and oxygen atoms in total. The molecular weight excluding hydrogens is 164 g/mol. The van der Waals surface area contributed by atoms with E-state index in [4.69, 9.17) is 10.2 Å². The molecule has 2 rings (SSSR count). The average molecular weight is 178 g/mol. The fourth-order valence-corrected chi connectivity index (χ4v) is 1.26. The number of aliphatic imine (C=N–C) groups is 1. The molecule has 13 heavy (non-hydrogen) atoms. The summed E-state index contributed by atoms with van der Waals surface area (Å²) in [7, 11) is 0. The molecule has 0 spiro atoms. The highest BCUT2D eigenvalue weighted by Crippen LogP contribution is 2.28. The third-order valence-electron chi connectivity index (χ3n) is 2.23. The average Bonchev–Trinajstić information content (AvgIpc) is 2.86. The SMILES string of the molecule is NC(=NCCc1ccco1)C1CC1. The summed E-state index contributed by atoms with van der Waals surface area (Å²) < 4.78 is 5.18. The molecule has 1 aromatic heterocycles. The van der Waals surface area contributed by atoms with Crippen molar-refractivity contribution in [1.82, 2.24) is 0 Å². The van der Waals surface area contributed by atoms with Crippen molar-refractivity contribution in [2.45, 2.75) is 19.3 Å². The molecule has 1 fully saturated rings. The second kappa shape index (κ2) is 3.64. The van der Waals surface area contributed by atoms with Crippen LogP contribution in [0, 0.1) is 5.92 Å². The van der Waals surface area contributed by atoms with E-state index in [1.807, 2.05) is 12.1 Å². The van der Waals surface area contributed by atoms with Gasteiger partial charge in [-0.05, 0) is 25.0 Å². The Bertz CT molecular complexity index is 286. The minimum atomic E-state index is 0.580. The minimum Gasteiger partial charge on any atom is -0.469 e. The third kappa shape index (κ3) is 2.34. The number of hydrogen-bond donors (Lipinski definition) is 1. The van der Waals surface area contributed by atoms with Crippen molar-refractivity contribution in [2.24, 2.45) is 16.6 Å². The van der Waals surface area contributed by atoms with Gasteiger partial charge in [0.1, 0.15) is 5.76 Å². The molecule has 1 aliphatic rings. The van der Waals surface area contributed by atoms with Gasteiger partial charge in [0, 0.05) is 18.9 Å². The third-order valence-corrected chi connectivity index (χ3v) is 2.23. The first kappa shape index (κ1) is 8.35. The van der Waals surface area contributed by atoms with Crippen molar-refractivity contribution in [3.8, 4) is 0 Å². The van der Waals surface area contributed by atoms with E-state index in [1.54, 1.807) is 6.26 Å². The Hall–Kier alpha value is -1.25. The largest absolute Gasteiger partial charge is 0.469 e. The molecule has 1 heterocycles. The zero-order valence-electron chi connectivity index (χ0n) is 7.57. The number of rotatable bonds is 4. The fourth-order valence-electron chi connectivity index (χ4n) is 1.26. The smallest absolute Gasteiger partial charge is 0.105 e. The maximum Gasteiger partial charge on any atom is 0.105 e. The van der Waals surface area contributed by atoms with Crippen LogP contribution in [-0.2, 0) is 6.42 Å². The Balaban J connectivity index is 1.76. The lowest BCUT2D eigenvalue weighted by molar-refractivity contribution is 0.511. The van der Waals surface area contributed by atoms with E-state index < -0.39 is 0 Å². The summed E-state index contributed by atoms with van der Waals surface area (Å²) in [6.07, 6.45) is 4.97. The molecule has 0 aromatic carbocycles. The van der Waals surface area contributed by atoms with E-state index in [0.717, 1.165) is 24.6 Å². The van der Waals surface area contributed by atoms with E-state index in [2.05, 4.69) is 4.99 Å². The van der Waals surface area contributed by atoms with Gasteiger partial charge in [0.05, 0.1) is 12.1 Å². The molecule has 70 valence electrons. The van der Waals surface area contributed by atoms with E-state index >= 15 is 0 Å². The highest BCUT2D eigenvalue weighted by Gasteiger charge is 2.24. The van der Waals surface area contributed by atoms with Gasteiger partial charge in [-0.1, -0.05) is 0 Å². The van der Waals surface area contributed by atoms with Crippen LogP contribution in [-0.4, -0.2) is 12.4 Å². The summed E-state index contributed by atoms with van der Waals surface area (Å²) in [4.78, 5) is 4.30. The van der Waals surface area contributed by atoms with Crippen LogP contribution >= 0.6 is 0 Å². The fraction of sp³-hybridized carbons (Fsp3) is 0.500. The quantitative estimate of drug-likeness (QED) is 0.562. The van der Waals surface area contributed by atoms with Gasteiger partial charge in [-0.15, -0.1) is 0 Å². The number of amidine groups is 1. The topological polar surface area (TPSA) is 51.5 Å². The van der Waals surface area contributed by atoms with Crippen LogP contribution in [0.1, 0.15) is 18.6 Å². The molecule has 0 atom stereocenters. The van der Waals surface area contributed by atoms with Crippen LogP contribution < -0.4 is 5.73 Å². The summed E-state index contributed by atoms with van der Waals surface area (Å²) in [6.45, 7) is 0.746. The maximum absolute atomic E-state index is 5.74. The van der Waals surface area contributed by atoms with Crippen molar-refractivity contribution in [3.63, 3.8) is 0 Å². The van der Waals surface area contributed by atoms with Gasteiger partial charge < -0.3 is 10.2 Å². The number of nitrogens with two attached hydrogens (primary N) is 1. The summed E-state index contributed by atoms with van der Waals surface area (Å²) in [5, 5.41) is 0. The van der Waals surface area contributed by atoms with Crippen LogP contribution in [0.3, 0.4) is 0 Å². The van der Waals surface area contributed by atoms with Crippen molar-refractivity contribution in [1.29, 1.82) is 0 Å². The van der Waals surface area contributed by atoms with Crippen LogP contribution in [0.25, 0.3) is 0 Å². The summed E-state index contributed by atoms with van der Waals surface area (Å²) in [5.74, 6) is 2.38. The van der Waals surface area contributed by atoms with Gasteiger partial charge in [-0.25, -0.2) is 0 Å². The maximum atomic E-state index is 5.74. The first-order chi connectivity index (χ1) is 6.36. The van der Waals surface area contributed by atoms with E-state index in [0.29, 0.717) is 5.92 Å². The molecule has 0 bridgehead atoms. The van der Waals surface area contributed by atoms with Crippen molar-refractivity contribution in [3.05, 3.63) is 24.2 Å². The highest BCUT2D eigenvalue weighted by atomic mass is 16.3. The standard InChI is InChI=1S/C10H14N2O/c11-10(8-3-4-8)12-6-5-9-2-1-7-13-9/h1-2,7-8H,3-6H2,(H2,11,12). The highest BCUT2D eigenvalue weighted by molar-refractivity contribution is 5.84. The molecule has 0 unspecified atom stereocenters. The molecule has 0 aliphatic heterocycles. The Morgan fingerprint density at radius 1 is 1.62 bits per heavy atom. The molecule has 0 amide bonds. The second-order valence-electron chi connectivity index (χ2n) is 3.41. The minimum absolute atomic E-state index is 0.580. The molecule has 3 heteroatoms. The lowest BCUT2D eigenvalue weighted by Crippen LogP contribution is -2.14. The predicted molar refractivity (Wildman–Crippen MR) is 51.6 cm³/mol. The van der Waals surface area contributed by atoms with Crippen molar-refractivity contribution < 1.29 is 4.42 Å². The Kier molecular flexibility index (Phi) is 2.34. The number of furan rings is 1. The second-order valence-corrected chi connectivity index (χ2v) is 3.41. The van der Waals surface area contributed by atoms with Gasteiger partial charge in [0.25, 0.3) is 0 Å². The van der Waals surface area contributed by atoms with Gasteiger partial charge in [-0.3, -0.25) is 4.99 Å². The van der Waals surface area contributed by atoms with Crippen molar-refractivity contribution >= 4 is 5.84 Å². The Labute approximate surface area is 77.6 Å². The monoisotopic (exact) mass is 178 g/mol. The molecule has 1 aliphatic carbocycles. The van der Waals surface area contributed by atoms with Gasteiger partial charge >= 0.3 is 0 Å². The van der Waals surface area contributed by atoms with Crippen LogP contribution in [0.15, 0.2) is 27.8 Å². The Morgan fingerprint density at radius 2 is 2.46 bits per heavy atom. The molecule has 2 N–H and O–H groups in total. The molecule has 1 saturated carbocycles. The molecule has 0 radical (unpaired) electrons. The lowest BCUT2D eigenvalue weighted by atomic mass is 10.3. The zero-order valence-corrected chi connectivity index (χ0v) is 7.57. The van der Waals surface area contributed by atoms with Crippen LogP contribution in [0.4, 0.5) is 0 Å². The number of hydrogen-bond acceptors (Lipinski definition) is 2. The van der Waals surface area contributed by atoms with E-state index in [-0.39, 0.29) is 0 Å². The lowest BCUT2D eigenvalue weighted by Gasteiger charge is -1.96. The first-order valence-electron chi connectivity index (χ1n) is 4.68. The summed E-state index contributed by atoms with van der Waals surface area (Å²) in [6, 6.07) is 3.85.